The number of nitrogen functional groups attached to an aromatic ring is 1. The summed E-state index contributed by atoms with van der Waals surface area (Å²) in [7, 11) is 1.66. The van der Waals surface area contributed by atoms with Gasteiger partial charge in [0, 0.05) is 10.7 Å². The van der Waals surface area contributed by atoms with E-state index < -0.39 is 0 Å². The van der Waals surface area contributed by atoms with Gasteiger partial charge in [-0.05, 0) is 48.9 Å². The molecule has 0 saturated carbocycles. The van der Waals surface area contributed by atoms with Crippen LogP contribution in [-0.4, -0.2) is 7.11 Å². The van der Waals surface area contributed by atoms with Gasteiger partial charge < -0.3 is 15.8 Å². The Morgan fingerprint density at radius 3 is 2.61 bits per heavy atom. The largest absolute Gasteiger partial charge is 0.496 e. The molecule has 2 aromatic carbocycles. The Bertz CT molecular complexity index is 570. The van der Waals surface area contributed by atoms with Crippen LogP contribution in [0, 0.1) is 6.92 Å². The van der Waals surface area contributed by atoms with Crippen molar-refractivity contribution in [1.82, 2.24) is 0 Å². The summed E-state index contributed by atoms with van der Waals surface area (Å²) in [6.45, 7) is 1.99. The first-order valence-corrected chi connectivity index (χ1v) is 5.94. The molecule has 0 fully saturated rings. The second-order valence-electron chi connectivity index (χ2n) is 4.04. The van der Waals surface area contributed by atoms with Crippen LogP contribution in [0.25, 0.3) is 0 Å². The fourth-order valence-corrected chi connectivity index (χ4v) is 1.92. The standard InChI is InChI=1S/C14H15ClN2O/c1-9-7-11(4-6-14(9)18-2)17-13-8-10(15)3-5-12(13)16/h3-8,17H,16H2,1-2H3. The number of benzene rings is 2. The van der Waals surface area contributed by atoms with E-state index in [1.54, 1.807) is 25.3 Å². The second-order valence-corrected chi connectivity index (χ2v) is 4.48. The van der Waals surface area contributed by atoms with Gasteiger partial charge in [0.1, 0.15) is 5.75 Å². The van der Waals surface area contributed by atoms with Crippen LogP contribution < -0.4 is 15.8 Å². The highest BCUT2D eigenvalue weighted by Crippen LogP contribution is 2.28. The molecule has 0 aliphatic heterocycles. The molecule has 0 aromatic heterocycles. The van der Waals surface area contributed by atoms with E-state index in [9.17, 15) is 0 Å². The highest BCUT2D eigenvalue weighted by atomic mass is 35.5. The van der Waals surface area contributed by atoms with Gasteiger partial charge in [0.25, 0.3) is 0 Å². The summed E-state index contributed by atoms with van der Waals surface area (Å²) in [6, 6.07) is 11.2. The predicted molar refractivity (Wildman–Crippen MR) is 76.9 cm³/mol. The van der Waals surface area contributed by atoms with E-state index in [0.29, 0.717) is 10.7 Å². The zero-order valence-corrected chi connectivity index (χ0v) is 11.1. The summed E-state index contributed by atoms with van der Waals surface area (Å²) in [6.07, 6.45) is 0. The maximum Gasteiger partial charge on any atom is 0.121 e. The van der Waals surface area contributed by atoms with Gasteiger partial charge in [0.2, 0.25) is 0 Å². The van der Waals surface area contributed by atoms with Crippen LogP contribution in [0.5, 0.6) is 5.75 Å². The molecule has 0 bridgehead atoms. The van der Waals surface area contributed by atoms with Crippen molar-refractivity contribution in [3.05, 3.63) is 47.0 Å². The highest BCUT2D eigenvalue weighted by Gasteiger charge is 2.03. The monoisotopic (exact) mass is 262 g/mol. The van der Waals surface area contributed by atoms with Crippen LogP contribution in [0.4, 0.5) is 17.1 Å². The fourth-order valence-electron chi connectivity index (χ4n) is 1.75. The van der Waals surface area contributed by atoms with Gasteiger partial charge in [-0.3, -0.25) is 0 Å². The number of hydrogen-bond donors (Lipinski definition) is 2. The molecular formula is C14H15ClN2O. The molecule has 94 valence electrons. The number of nitrogens with one attached hydrogen (secondary N) is 1. The van der Waals surface area contributed by atoms with E-state index in [2.05, 4.69) is 5.32 Å². The summed E-state index contributed by atoms with van der Waals surface area (Å²) < 4.78 is 5.22. The zero-order chi connectivity index (χ0) is 13.1. The molecule has 3 nitrogen and oxygen atoms in total. The fraction of sp³-hybridized carbons (Fsp3) is 0.143. The number of rotatable bonds is 3. The Morgan fingerprint density at radius 1 is 1.17 bits per heavy atom. The Kier molecular flexibility index (Phi) is 3.63. The van der Waals surface area contributed by atoms with Crippen LogP contribution in [0.3, 0.4) is 0 Å². The van der Waals surface area contributed by atoms with Crippen molar-refractivity contribution in [2.75, 3.05) is 18.2 Å². The third-order valence-corrected chi connectivity index (χ3v) is 2.92. The Hall–Kier alpha value is -1.87. The summed E-state index contributed by atoms with van der Waals surface area (Å²) in [4.78, 5) is 0. The molecule has 0 aliphatic rings. The quantitative estimate of drug-likeness (QED) is 0.823. The van der Waals surface area contributed by atoms with E-state index >= 15 is 0 Å². The molecule has 0 unspecified atom stereocenters. The van der Waals surface area contributed by atoms with Crippen molar-refractivity contribution in [2.24, 2.45) is 0 Å². The van der Waals surface area contributed by atoms with Gasteiger partial charge in [-0.1, -0.05) is 11.6 Å². The molecule has 0 atom stereocenters. The molecule has 0 heterocycles. The lowest BCUT2D eigenvalue weighted by atomic mass is 10.2. The minimum Gasteiger partial charge on any atom is -0.496 e. The number of anilines is 3. The molecule has 18 heavy (non-hydrogen) atoms. The van der Waals surface area contributed by atoms with Crippen molar-refractivity contribution < 1.29 is 4.74 Å². The van der Waals surface area contributed by atoms with Crippen LogP contribution in [0.1, 0.15) is 5.56 Å². The average molecular weight is 263 g/mol. The van der Waals surface area contributed by atoms with Crippen molar-refractivity contribution in [2.45, 2.75) is 6.92 Å². The van der Waals surface area contributed by atoms with E-state index in [4.69, 9.17) is 22.1 Å². The zero-order valence-electron chi connectivity index (χ0n) is 10.3. The maximum absolute atomic E-state index is 5.95. The minimum atomic E-state index is 0.650. The number of methoxy groups -OCH3 is 1. The van der Waals surface area contributed by atoms with E-state index in [0.717, 1.165) is 22.7 Å². The molecule has 2 rings (SSSR count). The summed E-state index contributed by atoms with van der Waals surface area (Å²) in [5.74, 6) is 0.861. The predicted octanol–water partition coefficient (Wildman–Crippen LogP) is 3.98. The van der Waals surface area contributed by atoms with Crippen molar-refractivity contribution in [1.29, 1.82) is 0 Å². The Labute approximate surface area is 112 Å². The number of nitrogens with two attached hydrogens (primary N) is 1. The number of halogens is 1. The van der Waals surface area contributed by atoms with E-state index in [-0.39, 0.29) is 0 Å². The first kappa shape index (κ1) is 12.6. The third kappa shape index (κ3) is 2.68. The molecule has 0 radical (unpaired) electrons. The van der Waals surface area contributed by atoms with Crippen molar-refractivity contribution in [3.63, 3.8) is 0 Å². The van der Waals surface area contributed by atoms with Gasteiger partial charge in [-0.25, -0.2) is 0 Å². The smallest absolute Gasteiger partial charge is 0.121 e. The topological polar surface area (TPSA) is 47.3 Å². The summed E-state index contributed by atoms with van der Waals surface area (Å²) in [5, 5.41) is 3.89. The molecular weight excluding hydrogens is 248 g/mol. The first-order chi connectivity index (χ1) is 8.60. The molecule has 0 spiro atoms. The van der Waals surface area contributed by atoms with Crippen molar-refractivity contribution >= 4 is 28.7 Å². The lowest BCUT2D eigenvalue weighted by Crippen LogP contribution is -1.97. The SMILES string of the molecule is COc1ccc(Nc2cc(Cl)ccc2N)cc1C. The molecule has 0 amide bonds. The second kappa shape index (κ2) is 5.19. The minimum absolute atomic E-state index is 0.650. The average Bonchev–Trinajstić information content (AvgIpc) is 2.34. The first-order valence-electron chi connectivity index (χ1n) is 5.57. The molecule has 2 aromatic rings. The number of ether oxygens (including phenoxy) is 1. The van der Waals surface area contributed by atoms with Gasteiger partial charge in [0.15, 0.2) is 0 Å². The van der Waals surface area contributed by atoms with Gasteiger partial charge in [-0.15, -0.1) is 0 Å². The Balaban J connectivity index is 2.28. The molecule has 0 saturated heterocycles. The van der Waals surface area contributed by atoms with E-state index in [1.807, 2.05) is 25.1 Å². The number of hydrogen-bond acceptors (Lipinski definition) is 3. The van der Waals surface area contributed by atoms with Crippen LogP contribution >= 0.6 is 11.6 Å². The third-order valence-electron chi connectivity index (χ3n) is 2.69. The van der Waals surface area contributed by atoms with Gasteiger partial charge >= 0.3 is 0 Å². The van der Waals surface area contributed by atoms with Crippen LogP contribution in [0.15, 0.2) is 36.4 Å². The normalized spacial score (nSPS) is 10.2. The van der Waals surface area contributed by atoms with Crippen molar-refractivity contribution in [3.8, 4) is 5.75 Å². The number of aryl methyl sites for hydroxylation is 1. The lowest BCUT2D eigenvalue weighted by Gasteiger charge is -2.12. The Morgan fingerprint density at radius 2 is 1.94 bits per heavy atom. The van der Waals surface area contributed by atoms with Crippen LogP contribution in [-0.2, 0) is 0 Å². The molecule has 4 heteroatoms. The highest BCUT2D eigenvalue weighted by molar-refractivity contribution is 6.31. The van der Waals surface area contributed by atoms with E-state index in [1.165, 1.54) is 0 Å². The molecule has 0 aliphatic carbocycles. The van der Waals surface area contributed by atoms with Gasteiger partial charge in [-0.2, -0.15) is 0 Å². The van der Waals surface area contributed by atoms with Crippen LogP contribution in [0.2, 0.25) is 5.02 Å². The molecule has 3 N–H and O–H groups in total. The summed E-state index contributed by atoms with van der Waals surface area (Å²) in [5.41, 5.74) is 9.35. The maximum atomic E-state index is 5.95. The van der Waals surface area contributed by atoms with Gasteiger partial charge in [0.05, 0.1) is 18.5 Å². The lowest BCUT2D eigenvalue weighted by molar-refractivity contribution is 0.412. The summed E-state index contributed by atoms with van der Waals surface area (Å²) >= 11 is 5.95.